The molecule has 0 aliphatic carbocycles. The van der Waals surface area contributed by atoms with Crippen LogP contribution in [-0.4, -0.2) is 9.97 Å². The molecule has 0 fully saturated rings. The second kappa shape index (κ2) is 5.10. The first-order valence-electron chi connectivity index (χ1n) is 6.26. The van der Waals surface area contributed by atoms with Crippen LogP contribution in [0.4, 0.5) is 5.69 Å². The van der Waals surface area contributed by atoms with Crippen LogP contribution in [0, 0.1) is 6.92 Å². The summed E-state index contributed by atoms with van der Waals surface area (Å²) < 4.78 is 5.63. The summed E-state index contributed by atoms with van der Waals surface area (Å²) >= 11 is 5.90. The molecule has 1 aromatic heterocycles. The molecule has 0 saturated heterocycles. The summed E-state index contributed by atoms with van der Waals surface area (Å²) in [6, 6.07) is 10.3. The van der Waals surface area contributed by atoms with Crippen LogP contribution in [0.25, 0.3) is 10.9 Å². The first-order valence-corrected chi connectivity index (χ1v) is 6.64. The van der Waals surface area contributed by atoms with E-state index in [0.717, 1.165) is 5.56 Å². The second-order valence-electron chi connectivity index (χ2n) is 4.66. The average molecular weight is 302 g/mol. The zero-order valence-electron chi connectivity index (χ0n) is 11.2. The average Bonchev–Trinajstić information content (AvgIpc) is 2.43. The van der Waals surface area contributed by atoms with Crippen molar-refractivity contribution in [3.63, 3.8) is 0 Å². The molecule has 0 amide bonds. The molecule has 0 aliphatic rings. The lowest BCUT2D eigenvalue weighted by Crippen LogP contribution is -2.10. The highest BCUT2D eigenvalue weighted by atomic mass is 35.5. The van der Waals surface area contributed by atoms with Crippen LogP contribution in [-0.2, 0) is 0 Å². The van der Waals surface area contributed by atoms with Gasteiger partial charge in [-0.3, -0.25) is 9.78 Å². The Balaban J connectivity index is 2.05. The van der Waals surface area contributed by atoms with Gasteiger partial charge in [0, 0.05) is 10.7 Å². The van der Waals surface area contributed by atoms with E-state index in [2.05, 4.69) is 9.97 Å². The molecule has 106 valence electrons. The molecule has 6 heteroatoms. The van der Waals surface area contributed by atoms with Gasteiger partial charge in [-0.15, -0.1) is 0 Å². The molecule has 0 radical (unpaired) electrons. The number of ether oxygens (including phenoxy) is 1. The van der Waals surface area contributed by atoms with E-state index in [1.54, 1.807) is 36.4 Å². The number of aromatic nitrogens is 2. The van der Waals surface area contributed by atoms with Gasteiger partial charge in [0.2, 0.25) is 0 Å². The smallest absolute Gasteiger partial charge is 0.302 e. The van der Waals surface area contributed by atoms with Crippen molar-refractivity contribution in [3.05, 3.63) is 57.3 Å². The van der Waals surface area contributed by atoms with Crippen molar-refractivity contribution in [3.8, 4) is 11.8 Å². The third-order valence-electron chi connectivity index (χ3n) is 3.05. The van der Waals surface area contributed by atoms with Gasteiger partial charge >= 0.3 is 6.01 Å². The van der Waals surface area contributed by atoms with Gasteiger partial charge in [-0.05, 0) is 48.9 Å². The van der Waals surface area contributed by atoms with Gasteiger partial charge < -0.3 is 10.5 Å². The van der Waals surface area contributed by atoms with Gasteiger partial charge in [0.25, 0.3) is 5.56 Å². The van der Waals surface area contributed by atoms with Crippen molar-refractivity contribution in [2.24, 2.45) is 0 Å². The molecule has 3 rings (SSSR count). The maximum absolute atomic E-state index is 12.0. The number of benzene rings is 2. The van der Waals surface area contributed by atoms with Crippen LogP contribution in [0.2, 0.25) is 5.02 Å². The fourth-order valence-corrected chi connectivity index (χ4v) is 2.24. The van der Waals surface area contributed by atoms with Gasteiger partial charge in [0.1, 0.15) is 5.75 Å². The van der Waals surface area contributed by atoms with Gasteiger partial charge in [-0.1, -0.05) is 11.6 Å². The summed E-state index contributed by atoms with van der Waals surface area (Å²) in [5.74, 6) is 0.581. The molecule has 21 heavy (non-hydrogen) atoms. The molecule has 0 atom stereocenters. The quantitative estimate of drug-likeness (QED) is 0.712. The molecule has 5 nitrogen and oxygen atoms in total. The van der Waals surface area contributed by atoms with Crippen LogP contribution in [0.1, 0.15) is 5.56 Å². The van der Waals surface area contributed by atoms with Gasteiger partial charge in [-0.25, -0.2) is 0 Å². The largest absolute Gasteiger partial charge is 0.425 e. The number of aromatic amines is 1. The molecule has 0 bridgehead atoms. The van der Waals surface area contributed by atoms with E-state index in [4.69, 9.17) is 22.1 Å². The normalized spacial score (nSPS) is 10.8. The second-order valence-corrected chi connectivity index (χ2v) is 5.10. The number of anilines is 1. The van der Waals surface area contributed by atoms with Crippen molar-refractivity contribution in [1.82, 2.24) is 9.97 Å². The third-order valence-corrected chi connectivity index (χ3v) is 3.29. The lowest BCUT2D eigenvalue weighted by Gasteiger charge is -2.08. The van der Waals surface area contributed by atoms with Gasteiger partial charge in [0.15, 0.2) is 0 Å². The minimum atomic E-state index is -0.297. The number of nitrogen functional groups attached to an aromatic ring is 1. The molecular formula is C15H12ClN3O2. The van der Waals surface area contributed by atoms with Gasteiger partial charge in [-0.2, -0.15) is 4.98 Å². The van der Waals surface area contributed by atoms with Crippen LogP contribution in [0.15, 0.2) is 41.2 Å². The maximum atomic E-state index is 12.0. The van der Waals surface area contributed by atoms with Gasteiger partial charge in [0.05, 0.1) is 10.9 Å². The number of nitrogens with one attached hydrogen (secondary N) is 1. The molecule has 1 heterocycles. The first kappa shape index (κ1) is 13.5. The SMILES string of the molecule is Cc1cc(Cl)ccc1Oc1nc2ccc(N)cc2c(=O)[nH]1. The number of rotatable bonds is 2. The van der Waals surface area contributed by atoms with Crippen molar-refractivity contribution >= 4 is 28.2 Å². The van der Waals surface area contributed by atoms with E-state index < -0.39 is 0 Å². The predicted octanol–water partition coefficient (Wildman–Crippen LogP) is 3.26. The van der Waals surface area contributed by atoms with Crippen molar-refractivity contribution in [2.45, 2.75) is 6.92 Å². The Labute approximate surface area is 125 Å². The van der Waals surface area contributed by atoms with Crippen LogP contribution >= 0.6 is 11.6 Å². The number of nitrogens with zero attached hydrogens (tertiary/aromatic N) is 1. The molecule has 0 spiro atoms. The zero-order chi connectivity index (χ0) is 15.0. The Morgan fingerprint density at radius 1 is 1.24 bits per heavy atom. The zero-order valence-corrected chi connectivity index (χ0v) is 11.9. The standard InChI is InChI=1S/C15H12ClN3O2/c1-8-6-9(16)2-5-13(8)21-15-18-12-4-3-10(17)7-11(12)14(20)19-15/h2-7H,17H2,1H3,(H,18,19,20). The summed E-state index contributed by atoms with van der Waals surface area (Å²) in [6.45, 7) is 1.86. The van der Waals surface area contributed by atoms with E-state index in [9.17, 15) is 4.79 Å². The highest BCUT2D eigenvalue weighted by Crippen LogP contribution is 2.25. The fourth-order valence-electron chi connectivity index (χ4n) is 2.01. The number of nitrogens with two attached hydrogens (primary N) is 1. The molecule has 3 aromatic rings. The first-order chi connectivity index (χ1) is 10.0. The predicted molar refractivity (Wildman–Crippen MR) is 83.0 cm³/mol. The van der Waals surface area contributed by atoms with E-state index in [-0.39, 0.29) is 11.6 Å². The van der Waals surface area contributed by atoms with E-state index in [1.165, 1.54) is 0 Å². The van der Waals surface area contributed by atoms with E-state index >= 15 is 0 Å². The number of hydrogen-bond donors (Lipinski definition) is 2. The molecule has 0 aliphatic heterocycles. The summed E-state index contributed by atoms with van der Waals surface area (Å²) in [6.07, 6.45) is 0. The summed E-state index contributed by atoms with van der Waals surface area (Å²) in [7, 11) is 0. The van der Waals surface area contributed by atoms with Crippen molar-refractivity contribution < 1.29 is 4.74 Å². The van der Waals surface area contributed by atoms with Crippen LogP contribution in [0.3, 0.4) is 0 Å². The molecule has 0 unspecified atom stereocenters. The lowest BCUT2D eigenvalue weighted by atomic mass is 10.2. The minimum Gasteiger partial charge on any atom is -0.425 e. The minimum absolute atomic E-state index is 0.127. The Bertz CT molecular complexity index is 890. The number of fused-ring (bicyclic) bond motifs is 1. The summed E-state index contributed by atoms with van der Waals surface area (Å²) in [4.78, 5) is 18.9. The molecule has 3 N–H and O–H groups in total. The van der Waals surface area contributed by atoms with Crippen molar-refractivity contribution in [2.75, 3.05) is 5.73 Å². The maximum Gasteiger partial charge on any atom is 0.302 e. The Kier molecular flexibility index (Phi) is 3.27. The lowest BCUT2D eigenvalue weighted by molar-refractivity contribution is 0.439. The third kappa shape index (κ3) is 2.68. The van der Waals surface area contributed by atoms with Crippen LogP contribution < -0.4 is 16.0 Å². The number of halogens is 1. The molecule has 2 aromatic carbocycles. The van der Waals surface area contributed by atoms with Crippen LogP contribution in [0.5, 0.6) is 11.8 Å². The number of hydrogen-bond acceptors (Lipinski definition) is 4. The highest BCUT2D eigenvalue weighted by Gasteiger charge is 2.08. The topological polar surface area (TPSA) is 81.0 Å². The number of H-pyrrole nitrogens is 1. The van der Waals surface area contributed by atoms with E-state index in [0.29, 0.717) is 27.4 Å². The van der Waals surface area contributed by atoms with E-state index in [1.807, 2.05) is 6.92 Å². The Hall–Kier alpha value is -2.53. The summed E-state index contributed by atoms with van der Waals surface area (Å²) in [5, 5.41) is 1.05. The molecule has 0 saturated carbocycles. The number of aryl methyl sites for hydroxylation is 1. The fraction of sp³-hybridized carbons (Fsp3) is 0.0667. The molecular weight excluding hydrogens is 290 g/mol. The Morgan fingerprint density at radius 2 is 2.05 bits per heavy atom. The van der Waals surface area contributed by atoms with Crippen molar-refractivity contribution in [1.29, 1.82) is 0 Å². The Morgan fingerprint density at radius 3 is 2.81 bits per heavy atom. The summed E-state index contributed by atoms with van der Waals surface area (Å²) in [5.41, 5.74) is 7.25. The monoisotopic (exact) mass is 301 g/mol. The highest BCUT2D eigenvalue weighted by molar-refractivity contribution is 6.30.